The number of benzene rings is 1. The van der Waals surface area contributed by atoms with Gasteiger partial charge in [0, 0.05) is 29.6 Å². The number of aromatic nitrogens is 2. The number of H-pyrrole nitrogens is 1. The van der Waals surface area contributed by atoms with E-state index in [9.17, 15) is 10.1 Å². The first-order valence-corrected chi connectivity index (χ1v) is 6.67. The van der Waals surface area contributed by atoms with Crippen LogP contribution < -0.4 is 10.1 Å². The van der Waals surface area contributed by atoms with Crippen molar-refractivity contribution in [3.8, 4) is 5.75 Å². The van der Waals surface area contributed by atoms with Gasteiger partial charge in [-0.1, -0.05) is 0 Å². The maximum absolute atomic E-state index is 11.0. The van der Waals surface area contributed by atoms with Crippen LogP contribution in [0.3, 0.4) is 0 Å². The minimum absolute atomic E-state index is 0.00459. The number of rotatable bonds is 6. The molecule has 2 N–H and O–H groups in total. The van der Waals surface area contributed by atoms with Crippen LogP contribution in [-0.4, -0.2) is 21.2 Å². The summed E-state index contributed by atoms with van der Waals surface area (Å²) in [7, 11) is 0. The molecule has 1 aromatic carbocycles. The summed E-state index contributed by atoms with van der Waals surface area (Å²) >= 11 is 0. The fourth-order valence-electron chi connectivity index (χ4n) is 1.94. The lowest BCUT2D eigenvalue weighted by molar-refractivity contribution is -0.384. The molecule has 7 heteroatoms. The van der Waals surface area contributed by atoms with E-state index in [1.54, 1.807) is 18.5 Å². The Morgan fingerprint density at radius 1 is 1.33 bits per heavy atom. The Bertz CT molecular complexity index is 611. The van der Waals surface area contributed by atoms with Gasteiger partial charge in [0.2, 0.25) is 0 Å². The molecule has 1 heterocycles. The molecule has 0 fully saturated rings. The number of ether oxygens (including phenoxy) is 1. The predicted molar refractivity (Wildman–Crippen MR) is 79.5 cm³/mol. The van der Waals surface area contributed by atoms with Crippen LogP contribution >= 0.6 is 0 Å². The summed E-state index contributed by atoms with van der Waals surface area (Å²) in [5.41, 5.74) is 1.59. The third-order valence-corrected chi connectivity index (χ3v) is 2.88. The third-order valence-electron chi connectivity index (χ3n) is 2.88. The van der Waals surface area contributed by atoms with Gasteiger partial charge in [-0.05, 0) is 20.8 Å². The molecule has 7 nitrogen and oxygen atoms in total. The average Bonchev–Trinajstić information content (AvgIpc) is 2.91. The van der Waals surface area contributed by atoms with E-state index < -0.39 is 4.92 Å². The molecule has 0 aliphatic rings. The highest BCUT2D eigenvalue weighted by molar-refractivity contribution is 5.57. The number of nitro benzene ring substituents is 1. The Morgan fingerprint density at radius 2 is 2.10 bits per heavy atom. The zero-order valence-corrected chi connectivity index (χ0v) is 12.2. The maximum atomic E-state index is 11.0. The van der Waals surface area contributed by atoms with E-state index in [0.29, 0.717) is 11.4 Å². The first-order valence-electron chi connectivity index (χ1n) is 6.67. The fraction of sp³-hybridized carbons (Fsp3) is 0.357. The highest BCUT2D eigenvalue weighted by Gasteiger charge is 2.14. The molecule has 0 bridgehead atoms. The molecule has 0 aliphatic carbocycles. The number of nitrogens with one attached hydrogen (secondary N) is 2. The number of aromatic amines is 1. The number of hydrogen-bond acceptors (Lipinski definition) is 5. The number of nitrogens with zero attached hydrogens (tertiary/aromatic N) is 2. The molecule has 1 unspecified atom stereocenters. The van der Waals surface area contributed by atoms with E-state index in [4.69, 9.17) is 4.74 Å². The van der Waals surface area contributed by atoms with Gasteiger partial charge < -0.3 is 10.1 Å². The van der Waals surface area contributed by atoms with Gasteiger partial charge in [0.15, 0.2) is 0 Å². The summed E-state index contributed by atoms with van der Waals surface area (Å²) in [6, 6.07) is 4.64. The van der Waals surface area contributed by atoms with Crippen molar-refractivity contribution in [3.05, 3.63) is 46.3 Å². The van der Waals surface area contributed by atoms with Crippen LogP contribution in [0.4, 0.5) is 11.4 Å². The van der Waals surface area contributed by atoms with E-state index >= 15 is 0 Å². The second-order valence-electron chi connectivity index (χ2n) is 5.04. The molecule has 2 aromatic rings. The quantitative estimate of drug-likeness (QED) is 0.629. The number of non-ortho nitro benzene ring substituents is 1. The van der Waals surface area contributed by atoms with Gasteiger partial charge in [-0.2, -0.15) is 5.10 Å². The Labute approximate surface area is 122 Å². The van der Waals surface area contributed by atoms with Gasteiger partial charge in [-0.3, -0.25) is 15.2 Å². The lowest BCUT2D eigenvalue weighted by Crippen LogP contribution is -2.08. The van der Waals surface area contributed by atoms with Gasteiger partial charge >= 0.3 is 0 Å². The second-order valence-corrected chi connectivity index (χ2v) is 5.04. The third kappa shape index (κ3) is 3.95. The summed E-state index contributed by atoms with van der Waals surface area (Å²) in [5.74, 6) is 0.473. The molecule has 0 radical (unpaired) electrons. The fourth-order valence-corrected chi connectivity index (χ4v) is 1.94. The van der Waals surface area contributed by atoms with Crippen molar-refractivity contribution in [2.75, 3.05) is 5.32 Å². The first-order chi connectivity index (χ1) is 9.95. The minimum Gasteiger partial charge on any atom is -0.491 e. The Morgan fingerprint density at radius 3 is 2.67 bits per heavy atom. The molecule has 0 aliphatic heterocycles. The zero-order chi connectivity index (χ0) is 15.4. The van der Waals surface area contributed by atoms with Crippen LogP contribution in [0.1, 0.15) is 32.4 Å². The number of anilines is 1. The lowest BCUT2D eigenvalue weighted by Gasteiger charge is -2.16. The molecule has 0 saturated heterocycles. The van der Waals surface area contributed by atoms with Crippen LogP contribution in [0, 0.1) is 10.1 Å². The summed E-state index contributed by atoms with van der Waals surface area (Å²) < 4.78 is 5.55. The van der Waals surface area contributed by atoms with Crippen molar-refractivity contribution in [2.45, 2.75) is 32.9 Å². The van der Waals surface area contributed by atoms with E-state index in [1.165, 1.54) is 12.1 Å². The molecule has 1 aromatic heterocycles. The van der Waals surface area contributed by atoms with Crippen molar-refractivity contribution in [1.82, 2.24) is 10.2 Å². The van der Waals surface area contributed by atoms with Gasteiger partial charge in [-0.15, -0.1) is 0 Å². The van der Waals surface area contributed by atoms with Gasteiger partial charge in [0.05, 0.1) is 29.3 Å². The van der Waals surface area contributed by atoms with Crippen LogP contribution in [0.25, 0.3) is 0 Å². The van der Waals surface area contributed by atoms with E-state index in [2.05, 4.69) is 15.5 Å². The van der Waals surface area contributed by atoms with Gasteiger partial charge in [0.25, 0.3) is 5.69 Å². The highest BCUT2D eigenvalue weighted by atomic mass is 16.6. The first kappa shape index (κ1) is 14.8. The Kier molecular flexibility index (Phi) is 4.42. The molecule has 0 saturated carbocycles. The molecule has 1 atom stereocenters. The summed E-state index contributed by atoms with van der Waals surface area (Å²) in [6.07, 6.45) is 3.44. The monoisotopic (exact) mass is 290 g/mol. The smallest absolute Gasteiger partial charge is 0.275 e. The molecule has 21 heavy (non-hydrogen) atoms. The molecule has 2 rings (SSSR count). The van der Waals surface area contributed by atoms with Gasteiger partial charge in [-0.25, -0.2) is 0 Å². The van der Waals surface area contributed by atoms with Crippen LogP contribution in [0.15, 0.2) is 30.6 Å². The topological polar surface area (TPSA) is 93.1 Å². The largest absolute Gasteiger partial charge is 0.491 e. The van der Waals surface area contributed by atoms with Crippen molar-refractivity contribution in [1.29, 1.82) is 0 Å². The van der Waals surface area contributed by atoms with E-state index in [-0.39, 0.29) is 17.8 Å². The lowest BCUT2D eigenvalue weighted by atomic mass is 10.1. The van der Waals surface area contributed by atoms with Gasteiger partial charge in [0.1, 0.15) is 5.75 Å². The second kappa shape index (κ2) is 6.25. The van der Waals surface area contributed by atoms with Crippen LogP contribution in [0.2, 0.25) is 0 Å². The average molecular weight is 290 g/mol. The minimum atomic E-state index is -0.430. The summed E-state index contributed by atoms with van der Waals surface area (Å²) in [5, 5.41) is 20.9. The van der Waals surface area contributed by atoms with E-state index in [1.807, 2.05) is 20.8 Å². The van der Waals surface area contributed by atoms with Crippen molar-refractivity contribution >= 4 is 11.4 Å². The normalized spacial score (nSPS) is 12.2. The summed E-state index contributed by atoms with van der Waals surface area (Å²) in [4.78, 5) is 10.6. The number of hydrogen-bond donors (Lipinski definition) is 2. The van der Waals surface area contributed by atoms with Crippen LogP contribution in [-0.2, 0) is 0 Å². The maximum Gasteiger partial charge on any atom is 0.275 e. The molecular weight excluding hydrogens is 272 g/mol. The van der Waals surface area contributed by atoms with Crippen LogP contribution in [0.5, 0.6) is 5.75 Å². The predicted octanol–water partition coefficient (Wildman–Crippen LogP) is 3.28. The molecule has 0 spiro atoms. The van der Waals surface area contributed by atoms with Crippen molar-refractivity contribution in [3.63, 3.8) is 0 Å². The Balaban J connectivity index is 2.25. The van der Waals surface area contributed by atoms with Crippen molar-refractivity contribution in [2.24, 2.45) is 0 Å². The molecule has 0 amide bonds. The molecular formula is C14H18N4O3. The number of nitro groups is 1. The van der Waals surface area contributed by atoms with Crippen molar-refractivity contribution < 1.29 is 9.66 Å². The Hall–Kier alpha value is -2.57. The zero-order valence-electron chi connectivity index (χ0n) is 12.2. The molecule has 112 valence electrons. The standard InChI is InChI=1S/C14H18N4O3/c1-9(2)21-14-5-12(4-13(6-14)18(19)20)17-10(3)11-7-15-16-8-11/h4-10,17H,1-3H3,(H,15,16). The summed E-state index contributed by atoms with van der Waals surface area (Å²) in [6.45, 7) is 5.70. The highest BCUT2D eigenvalue weighted by Crippen LogP contribution is 2.29. The van der Waals surface area contributed by atoms with E-state index in [0.717, 1.165) is 5.56 Å². The SMILES string of the molecule is CC(C)Oc1cc(NC(C)c2cn[nH]c2)cc([N+](=O)[O-])c1.